The zero-order valence-electron chi connectivity index (χ0n) is 14.0. The Kier molecular flexibility index (Phi) is 5.16. The molecule has 2 heterocycles. The van der Waals surface area contributed by atoms with Crippen molar-refractivity contribution in [1.29, 1.82) is 0 Å². The molecule has 0 bridgehead atoms. The molecule has 1 unspecified atom stereocenters. The van der Waals surface area contributed by atoms with E-state index in [-0.39, 0.29) is 17.7 Å². The van der Waals surface area contributed by atoms with Gasteiger partial charge in [0.25, 0.3) is 5.91 Å². The first kappa shape index (κ1) is 17.2. The molecule has 0 radical (unpaired) electrons. The molecule has 2 N–H and O–H groups in total. The highest BCUT2D eigenvalue weighted by Gasteiger charge is 2.31. The van der Waals surface area contributed by atoms with Gasteiger partial charge in [0.1, 0.15) is 0 Å². The van der Waals surface area contributed by atoms with E-state index >= 15 is 0 Å². The fraction of sp³-hybridized carbons (Fsp3) is 0.421. The third-order valence-corrected chi connectivity index (χ3v) is 4.74. The smallest absolute Gasteiger partial charge is 0.306 e. The molecule has 0 aromatic heterocycles. The molecule has 25 heavy (non-hydrogen) atoms. The third-order valence-electron chi connectivity index (χ3n) is 4.74. The number of carbonyl (C=O) groups is 3. The number of nitrogens with two attached hydrogens (primary N) is 1. The quantitative estimate of drug-likeness (QED) is 0.823. The second-order valence-corrected chi connectivity index (χ2v) is 6.62. The van der Waals surface area contributed by atoms with Crippen molar-refractivity contribution in [3.63, 3.8) is 0 Å². The number of hydrogen-bond acceptors (Lipinski definition) is 5. The lowest BCUT2D eigenvalue weighted by atomic mass is 9.89. The summed E-state index contributed by atoms with van der Waals surface area (Å²) in [4.78, 5) is 36.1. The van der Waals surface area contributed by atoms with Gasteiger partial charge in [0.2, 0.25) is 0 Å². The SMILES string of the molecule is NC(=O)[C@H]1CC(CCc2ccc(N3C=CC(=O)CC3)cc2)CC(=O)O1. The Hall–Kier alpha value is -2.63. The maximum atomic E-state index is 11.6. The van der Waals surface area contributed by atoms with Gasteiger partial charge in [0.05, 0.1) is 0 Å². The molecule has 2 atom stereocenters. The van der Waals surface area contributed by atoms with Crippen molar-refractivity contribution in [2.75, 3.05) is 11.4 Å². The molecule has 0 aliphatic carbocycles. The lowest BCUT2D eigenvalue weighted by Crippen LogP contribution is -2.39. The van der Waals surface area contributed by atoms with Crippen LogP contribution in [0.3, 0.4) is 0 Å². The van der Waals surface area contributed by atoms with Crippen molar-refractivity contribution in [2.24, 2.45) is 11.7 Å². The third kappa shape index (κ3) is 4.47. The van der Waals surface area contributed by atoms with Gasteiger partial charge in [0, 0.05) is 31.3 Å². The first-order valence-electron chi connectivity index (χ1n) is 8.56. The highest BCUT2D eigenvalue weighted by Crippen LogP contribution is 2.26. The number of nitrogens with zero attached hydrogens (tertiary/aromatic N) is 1. The lowest BCUT2D eigenvalue weighted by molar-refractivity contribution is -0.162. The van der Waals surface area contributed by atoms with Crippen LogP contribution in [0.25, 0.3) is 0 Å². The summed E-state index contributed by atoms with van der Waals surface area (Å²) >= 11 is 0. The molecule has 2 aliphatic heterocycles. The van der Waals surface area contributed by atoms with E-state index < -0.39 is 12.0 Å². The average Bonchev–Trinajstić information content (AvgIpc) is 2.61. The number of benzene rings is 1. The fourth-order valence-electron chi connectivity index (χ4n) is 3.27. The lowest BCUT2D eigenvalue weighted by Gasteiger charge is -2.27. The van der Waals surface area contributed by atoms with Crippen LogP contribution in [0.5, 0.6) is 0 Å². The molecule has 1 aromatic carbocycles. The molecule has 0 spiro atoms. The summed E-state index contributed by atoms with van der Waals surface area (Å²) in [5, 5.41) is 0. The van der Waals surface area contributed by atoms with E-state index in [1.54, 1.807) is 6.08 Å². The Morgan fingerprint density at radius 2 is 2.00 bits per heavy atom. The van der Waals surface area contributed by atoms with Gasteiger partial charge in [-0.05, 0) is 49.0 Å². The van der Waals surface area contributed by atoms with E-state index in [1.807, 2.05) is 18.3 Å². The minimum absolute atomic E-state index is 0.120. The number of primary amides is 1. The van der Waals surface area contributed by atoms with Crippen LogP contribution in [0.1, 0.15) is 31.2 Å². The van der Waals surface area contributed by atoms with Crippen molar-refractivity contribution in [3.8, 4) is 0 Å². The number of cyclic esters (lactones) is 1. The number of ether oxygens (including phenoxy) is 1. The van der Waals surface area contributed by atoms with Gasteiger partial charge >= 0.3 is 5.97 Å². The summed E-state index contributed by atoms with van der Waals surface area (Å²) in [6, 6.07) is 8.20. The summed E-state index contributed by atoms with van der Waals surface area (Å²) in [7, 11) is 0. The summed E-state index contributed by atoms with van der Waals surface area (Å²) in [5.41, 5.74) is 7.48. The van der Waals surface area contributed by atoms with Gasteiger partial charge in [0.15, 0.2) is 11.9 Å². The first-order chi connectivity index (χ1) is 12.0. The normalized spacial score (nSPS) is 23.4. The second kappa shape index (κ2) is 7.51. The zero-order valence-corrected chi connectivity index (χ0v) is 14.0. The number of rotatable bonds is 5. The molecule has 1 saturated heterocycles. The van der Waals surface area contributed by atoms with Gasteiger partial charge < -0.3 is 15.4 Å². The van der Waals surface area contributed by atoms with Crippen molar-refractivity contribution in [2.45, 2.75) is 38.2 Å². The number of aryl methyl sites for hydroxylation is 1. The van der Waals surface area contributed by atoms with Crippen LogP contribution >= 0.6 is 0 Å². The Labute approximate surface area is 146 Å². The first-order valence-corrected chi connectivity index (χ1v) is 8.56. The number of hydrogen-bond donors (Lipinski definition) is 1. The Morgan fingerprint density at radius 1 is 1.24 bits per heavy atom. The predicted molar refractivity (Wildman–Crippen MR) is 92.7 cm³/mol. The van der Waals surface area contributed by atoms with Crippen LogP contribution in [0.4, 0.5) is 5.69 Å². The monoisotopic (exact) mass is 342 g/mol. The molecule has 1 amide bonds. The number of anilines is 1. The van der Waals surface area contributed by atoms with Crippen LogP contribution in [0.15, 0.2) is 36.5 Å². The summed E-state index contributed by atoms with van der Waals surface area (Å²) < 4.78 is 4.97. The van der Waals surface area contributed by atoms with Gasteiger partial charge in [-0.2, -0.15) is 0 Å². The molecular weight excluding hydrogens is 320 g/mol. The average molecular weight is 342 g/mol. The van der Waals surface area contributed by atoms with Crippen molar-refractivity contribution in [3.05, 3.63) is 42.1 Å². The van der Waals surface area contributed by atoms with Crippen LogP contribution < -0.4 is 10.6 Å². The van der Waals surface area contributed by atoms with E-state index in [1.165, 1.54) is 5.56 Å². The van der Waals surface area contributed by atoms with Gasteiger partial charge in [-0.3, -0.25) is 14.4 Å². The molecule has 2 aliphatic rings. The van der Waals surface area contributed by atoms with Crippen molar-refractivity contribution in [1.82, 2.24) is 0 Å². The Bertz CT molecular complexity index is 696. The van der Waals surface area contributed by atoms with E-state index in [0.29, 0.717) is 25.8 Å². The number of allylic oxidation sites excluding steroid dienone is 1. The number of carbonyl (C=O) groups excluding carboxylic acids is 3. The number of esters is 1. The van der Waals surface area contributed by atoms with E-state index in [4.69, 9.17) is 10.5 Å². The van der Waals surface area contributed by atoms with E-state index in [0.717, 1.165) is 18.5 Å². The molecule has 6 nitrogen and oxygen atoms in total. The van der Waals surface area contributed by atoms with Gasteiger partial charge in [-0.1, -0.05) is 12.1 Å². The minimum atomic E-state index is -0.790. The predicted octanol–water partition coefficient (Wildman–Crippen LogP) is 1.72. The Balaban J connectivity index is 1.55. The highest BCUT2D eigenvalue weighted by atomic mass is 16.5. The van der Waals surface area contributed by atoms with E-state index in [9.17, 15) is 14.4 Å². The minimum Gasteiger partial charge on any atom is -0.452 e. The standard InChI is InChI=1S/C19H22N2O4/c20-19(24)17-11-14(12-18(23)25-17)2-1-13-3-5-15(6-4-13)21-9-7-16(22)8-10-21/h3-7,9,14,17H,1-2,8,10-12H2,(H2,20,24)/t14?,17-/m1/s1. The maximum absolute atomic E-state index is 11.6. The van der Waals surface area contributed by atoms with Crippen LogP contribution in [0, 0.1) is 5.92 Å². The van der Waals surface area contributed by atoms with Crippen LogP contribution in [0.2, 0.25) is 0 Å². The molecule has 6 heteroatoms. The maximum Gasteiger partial charge on any atom is 0.306 e. The fourth-order valence-corrected chi connectivity index (χ4v) is 3.27. The van der Waals surface area contributed by atoms with Gasteiger partial charge in [-0.15, -0.1) is 0 Å². The molecular formula is C19H22N2O4. The highest BCUT2D eigenvalue weighted by molar-refractivity contribution is 5.91. The summed E-state index contributed by atoms with van der Waals surface area (Å²) in [6.07, 6.45) is 5.67. The topological polar surface area (TPSA) is 89.7 Å². The molecule has 1 fully saturated rings. The van der Waals surface area contributed by atoms with Crippen molar-refractivity contribution < 1.29 is 19.1 Å². The van der Waals surface area contributed by atoms with Gasteiger partial charge in [-0.25, -0.2) is 0 Å². The molecule has 132 valence electrons. The largest absolute Gasteiger partial charge is 0.452 e. The van der Waals surface area contributed by atoms with Crippen LogP contribution in [-0.2, 0) is 25.5 Å². The summed E-state index contributed by atoms with van der Waals surface area (Å²) in [6.45, 7) is 0.702. The zero-order chi connectivity index (χ0) is 17.8. The molecule has 3 rings (SSSR count). The molecule has 1 aromatic rings. The Morgan fingerprint density at radius 3 is 2.64 bits per heavy atom. The van der Waals surface area contributed by atoms with Crippen molar-refractivity contribution >= 4 is 23.3 Å². The van der Waals surface area contributed by atoms with E-state index in [2.05, 4.69) is 17.0 Å². The number of ketones is 1. The van der Waals surface area contributed by atoms with Crippen LogP contribution in [-0.4, -0.2) is 30.3 Å². The molecule has 0 saturated carbocycles. The second-order valence-electron chi connectivity index (χ2n) is 6.62. The number of amides is 1. The summed E-state index contributed by atoms with van der Waals surface area (Å²) in [5.74, 6) is -0.639.